The zero-order chi connectivity index (χ0) is 14.0. The fourth-order valence-electron chi connectivity index (χ4n) is 1.66. The van der Waals surface area contributed by atoms with Crippen LogP contribution in [-0.4, -0.2) is 16.1 Å². The molecule has 0 radical (unpaired) electrons. The van der Waals surface area contributed by atoms with Crippen molar-refractivity contribution in [2.24, 2.45) is 0 Å². The molecule has 98 valence electrons. The Hall–Kier alpha value is -2.69. The average molecular weight is 258 g/mol. The van der Waals surface area contributed by atoms with E-state index in [2.05, 4.69) is 5.32 Å². The van der Waals surface area contributed by atoms with Crippen molar-refractivity contribution < 1.29 is 15.0 Å². The molecule has 0 aliphatic carbocycles. The van der Waals surface area contributed by atoms with Gasteiger partial charge >= 0.3 is 0 Å². The molecule has 5 heteroatoms. The molecule has 2 aromatic carbocycles. The van der Waals surface area contributed by atoms with Crippen molar-refractivity contribution in [1.82, 2.24) is 0 Å². The van der Waals surface area contributed by atoms with Crippen LogP contribution in [0.2, 0.25) is 0 Å². The van der Waals surface area contributed by atoms with Crippen LogP contribution in [0.3, 0.4) is 0 Å². The van der Waals surface area contributed by atoms with Gasteiger partial charge in [0, 0.05) is 11.4 Å². The van der Waals surface area contributed by atoms with E-state index < -0.39 is 5.91 Å². The van der Waals surface area contributed by atoms with E-state index in [1.165, 1.54) is 18.2 Å². The zero-order valence-electron chi connectivity index (χ0n) is 10.3. The van der Waals surface area contributed by atoms with Crippen molar-refractivity contribution in [2.75, 3.05) is 11.1 Å². The summed E-state index contributed by atoms with van der Waals surface area (Å²) in [6.45, 7) is 1.83. The number of nitrogen functional groups attached to an aromatic ring is 1. The molecule has 0 aliphatic rings. The fraction of sp³-hybridized carbons (Fsp3) is 0.0714. The molecule has 19 heavy (non-hydrogen) atoms. The van der Waals surface area contributed by atoms with Crippen molar-refractivity contribution in [1.29, 1.82) is 0 Å². The lowest BCUT2D eigenvalue weighted by Gasteiger charge is -2.09. The van der Waals surface area contributed by atoms with Crippen LogP contribution in [0.15, 0.2) is 36.4 Å². The van der Waals surface area contributed by atoms with Crippen molar-refractivity contribution in [3.05, 3.63) is 47.5 Å². The van der Waals surface area contributed by atoms with Crippen molar-refractivity contribution in [2.45, 2.75) is 6.92 Å². The minimum atomic E-state index is -0.502. The first-order chi connectivity index (χ1) is 8.97. The number of nitrogens with one attached hydrogen (secondary N) is 1. The molecule has 2 aromatic rings. The van der Waals surface area contributed by atoms with Crippen LogP contribution in [0.5, 0.6) is 11.5 Å². The lowest BCUT2D eigenvalue weighted by Crippen LogP contribution is -2.12. The molecule has 0 saturated carbocycles. The van der Waals surface area contributed by atoms with Gasteiger partial charge in [0.1, 0.15) is 11.5 Å². The maximum Gasteiger partial charge on any atom is 0.259 e. The molecule has 0 aromatic heterocycles. The van der Waals surface area contributed by atoms with E-state index in [0.717, 1.165) is 5.56 Å². The van der Waals surface area contributed by atoms with Crippen molar-refractivity contribution >= 4 is 17.3 Å². The van der Waals surface area contributed by atoms with Gasteiger partial charge < -0.3 is 21.3 Å². The van der Waals surface area contributed by atoms with E-state index >= 15 is 0 Å². The molecule has 0 aliphatic heterocycles. The van der Waals surface area contributed by atoms with Gasteiger partial charge in [0.2, 0.25) is 0 Å². The maximum atomic E-state index is 12.0. The predicted molar refractivity (Wildman–Crippen MR) is 73.3 cm³/mol. The Balaban J connectivity index is 2.25. The van der Waals surface area contributed by atoms with E-state index in [0.29, 0.717) is 11.4 Å². The van der Waals surface area contributed by atoms with Gasteiger partial charge in [0.15, 0.2) is 0 Å². The summed E-state index contributed by atoms with van der Waals surface area (Å²) in [4.78, 5) is 12.0. The standard InChI is InChI=1S/C14H14N2O3/c1-8-6-9(2-4-12(8)15)16-14(19)11-7-10(17)3-5-13(11)18/h2-7,17-18H,15H2,1H3,(H,16,19). The third-order valence-corrected chi connectivity index (χ3v) is 2.75. The molecule has 5 N–H and O–H groups in total. The number of aromatic hydroxyl groups is 2. The third-order valence-electron chi connectivity index (χ3n) is 2.75. The predicted octanol–water partition coefficient (Wildman–Crippen LogP) is 2.24. The molecular formula is C14H14N2O3. The van der Waals surface area contributed by atoms with Gasteiger partial charge in [0.05, 0.1) is 5.56 Å². The second-order valence-electron chi connectivity index (χ2n) is 4.23. The molecule has 1 amide bonds. The minimum Gasteiger partial charge on any atom is -0.508 e. The van der Waals surface area contributed by atoms with Crippen molar-refractivity contribution in [3.8, 4) is 11.5 Å². The SMILES string of the molecule is Cc1cc(NC(=O)c2cc(O)ccc2O)ccc1N. The topological polar surface area (TPSA) is 95.6 Å². The summed E-state index contributed by atoms with van der Waals surface area (Å²) in [5.41, 5.74) is 7.75. The van der Waals surface area contributed by atoms with E-state index in [-0.39, 0.29) is 17.1 Å². The molecule has 0 saturated heterocycles. The van der Waals surface area contributed by atoms with Gasteiger partial charge in [-0.3, -0.25) is 4.79 Å². The number of amides is 1. The van der Waals surface area contributed by atoms with Crippen LogP contribution in [0.4, 0.5) is 11.4 Å². The third kappa shape index (κ3) is 2.77. The number of carbonyl (C=O) groups excluding carboxylic acids is 1. The number of aryl methyl sites for hydroxylation is 1. The number of phenolic OH excluding ortho intramolecular Hbond substituents is 2. The largest absolute Gasteiger partial charge is 0.508 e. The van der Waals surface area contributed by atoms with Crippen LogP contribution in [0, 0.1) is 6.92 Å². The van der Waals surface area contributed by atoms with Crippen molar-refractivity contribution in [3.63, 3.8) is 0 Å². The highest BCUT2D eigenvalue weighted by molar-refractivity contribution is 6.06. The molecule has 2 rings (SSSR count). The van der Waals surface area contributed by atoms with Gasteiger partial charge in [-0.1, -0.05) is 0 Å². The Morgan fingerprint density at radius 1 is 1.16 bits per heavy atom. The highest BCUT2D eigenvalue weighted by Crippen LogP contribution is 2.24. The van der Waals surface area contributed by atoms with Crippen LogP contribution in [0.1, 0.15) is 15.9 Å². The monoisotopic (exact) mass is 258 g/mol. The molecule has 0 heterocycles. The second kappa shape index (κ2) is 4.89. The van der Waals surface area contributed by atoms with E-state index in [4.69, 9.17) is 5.73 Å². The van der Waals surface area contributed by atoms with E-state index in [9.17, 15) is 15.0 Å². The summed E-state index contributed by atoms with van der Waals surface area (Å²) in [6, 6.07) is 8.85. The summed E-state index contributed by atoms with van der Waals surface area (Å²) in [5, 5.41) is 21.5. The summed E-state index contributed by atoms with van der Waals surface area (Å²) in [6.07, 6.45) is 0. The number of benzene rings is 2. The molecular weight excluding hydrogens is 244 g/mol. The zero-order valence-corrected chi connectivity index (χ0v) is 10.3. The number of anilines is 2. The minimum absolute atomic E-state index is 0.00878. The number of nitrogens with two attached hydrogens (primary N) is 1. The number of carbonyl (C=O) groups is 1. The smallest absolute Gasteiger partial charge is 0.259 e. The highest BCUT2D eigenvalue weighted by Gasteiger charge is 2.12. The van der Waals surface area contributed by atoms with Crippen LogP contribution in [-0.2, 0) is 0 Å². The Morgan fingerprint density at radius 2 is 1.89 bits per heavy atom. The second-order valence-corrected chi connectivity index (χ2v) is 4.23. The van der Waals surface area contributed by atoms with Gasteiger partial charge in [0.25, 0.3) is 5.91 Å². The van der Waals surface area contributed by atoms with Crippen LogP contribution in [0.25, 0.3) is 0 Å². The normalized spacial score (nSPS) is 10.2. The number of hydrogen-bond acceptors (Lipinski definition) is 4. The lowest BCUT2D eigenvalue weighted by molar-refractivity contribution is 0.102. The number of hydrogen-bond donors (Lipinski definition) is 4. The Bertz CT molecular complexity index is 639. The Labute approximate surface area is 110 Å². The summed E-state index contributed by atoms with van der Waals surface area (Å²) in [7, 11) is 0. The molecule has 0 bridgehead atoms. The van der Waals surface area contributed by atoms with Gasteiger partial charge in [-0.25, -0.2) is 0 Å². The van der Waals surface area contributed by atoms with E-state index in [1.807, 2.05) is 6.92 Å². The number of rotatable bonds is 2. The van der Waals surface area contributed by atoms with E-state index in [1.54, 1.807) is 18.2 Å². The van der Waals surface area contributed by atoms with Crippen LogP contribution >= 0.6 is 0 Å². The molecule has 0 fully saturated rings. The molecule has 0 atom stereocenters. The quantitative estimate of drug-likeness (QED) is 0.490. The van der Waals surface area contributed by atoms with Gasteiger partial charge in [-0.15, -0.1) is 0 Å². The fourth-order valence-corrected chi connectivity index (χ4v) is 1.66. The van der Waals surface area contributed by atoms with Crippen LogP contribution < -0.4 is 11.1 Å². The molecule has 5 nitrogen and oxygen atoms in total. The average Bonchev–Trinajstić information content (AvgIpc) is 2.36. The summed E-state index contributed by atoms with van der Waals surface area (Å²) in [5.74, 6) is -0.781. The first kappa shape index (κ1) is 12.8. The first-order valence-electron chi connectivity index (χ1n) is 5.67. The summed E-state index contributed by atoms with van der Waals surface area (Å²) >= 11 is 0. The lowest BCUT2D eigenvalue weighted by atomic mass is 10.1. The highest BCUT2D eigenvalue weighted by atomic mass is 16.3. The number of phenols is 2. The maximum absolute atomic E-state index is 12.0. The molecule has 0 unspecified atom stereocenters. The van der Waals surface area contributed by atoms with Gasteiger partial charge in [-0.2, -0.15) is 0 Å². The van der Waals surface area contributed by atoms with Gasteiger partial charge in [-0.05, 0) is 48.9 Å². The Morgan fingerprint density at radius 3 is 2.58 bits per heavy atom. The Kier molecular flexibility index (Phi) is 3.29. The summed E-state index contributed by atoms with van der Waals surface area (Å²) < 4.78 is 0. The molecule has 0 spiro atoms. The first-order valence-corrected chi connectivity index (χ1v) is 5.67.